The zero-order valence-corrected chi connectivity index (χ0v) is 17.7. The maximum Gasteiger partial charge on any atom is 0.338 e. The molecule has 0 saturated carbocycles. The van der Waals surface area contributed by atoms with Crippen LogP contribution in [-0.2, 0) is 9.53 Å². The van der Waals surface area contributed by atoms with E-state index in [2.05, 4.69) is 15.3 Å². The van der Waals surface area contributed by atoms with Gasteiger partial charge >= 0.3 is 5.97 Å². The first-order chi connectivity index (χ1) is 15.1. The number of imidazole rings is 1. The Morgan fingerprint density at radius 2 is 1.71 bits per heavy atom. The van der Waals surface area contributed by atoms with Gasteiger partial charge in [0.2, 0.25) is 5.91 Å². The van der Waals surface area contributed by atoms with Gasteiger partial charge in [-0.2, -0.15) is 0 Å². The Kier molecular flexibility index (Phi) is 6.33. The molecule has 1 heterocycles. The van der Waals surface area contributed by atoms with Gasteiger partial charge in [0, 0.05) is 5.69 Å². The molecule has 0 bridgehead atoms. The number of hydrogen-bond donors (Lipinski definition) is 2. The van der Waals surface area contributed by atoms with E-state index in [1.54, 1.807) is 31.2 Å². The van der Waals surface area contributed by atoms with Gasteiger partial charge in [-0.1, -0.05) is 54.2 Å². The molecule has 1 aromatic heterocycles. The lowest BCUT2D eigenvalue weighted by molar-refractivity contribution is -0.115. The third-order valence-electron chi connectivity index (χ3n) is 4.60. The van der Waals surface area contributed by atoms with Gasteiger partial charge in [0.25, 0.3) is 0 Å². The highest BCUT2D eigenvalue weighted by Gasteiger charge is 2.24. The number of amides is 1. The molecule has 0 aliphatic rings. The molecule has 0 spiro atoms. The first-order valence-electron chi connectivity index (χ1n) is 9.88. The summed E-state index contributed by atoms with van der Waals surface area (Å²) in [7, 11) is 0. The van der Waals surface area contributed by atoms with Crippen LogP contribution >= 0.6 is 11.8 Å². The van der Waals surface area contributed by atoms with Gasteiger partial charge in [-0.15, -0.1) is 0 Å². The van der Waals surface area contributed by atoms with Crippen LogP contribution in [0, 0.1) is 0 Å². The number of carbonyl (C=O) groups is 2. The number of nitrogens with zero attached hydrogens (tertiary/aromatic N) is 1. The second kappa shape index (κ2) is 9.49. The fraction of sp³-hybridized carbons (Fsp3) is 0.125. The minimum atomic E-state index is -0.508. The standard InChI is InChI=1S/C24H21N3O3S/c1-2-30-23(29)17-12-14-18(15-13-17)25-22(28)21(16-8-4-3-5-9-16)31-24-26-19-10-6-7-11-20(19)27-24/h3-15,21H,2H2,1H3,(H,25,28)(H,26,27)/t21-/m0/s1. The van der Waals surface area contributed by atoms with Crippen LogP contribution in [0.5, 0.6) is 0 Å². The lowest BCUT2D eigenvalue weighted by Crippen LogP contribution is -2.19. The summed E-state index contributed by atoms with van der Waals surface area (Å²) in [5.74, 6) is -0.566. The summed E-state index contributed by atoms with van der Waals surface area (Å²) in [6.07, 6.45) is 0. The molecule has 4 rings (SSSR count). The number of para-hydroxylation sites is 2. The lowest BCUT2D eigenvalue weighted by Gasteiger charge is -2.16. The monoisotopic (exact) mass is 431 g/mol. The Morgan fingerprint density at radius 3 is 2.42 bits per heavy atom. The molecule has 7 heteroatoms. The van der Waals surface area contributed by atoms with E-state index < -0.39 is 5.25 Å². The molecule has 1 amide bonds. The number of rotatable bonds is 7. The summed E-state index contributed by atoms with van der Waals surface area (Å²) in [6, 6.07) is 24.0. The van der Waals surface area contributed by atoms with E-state index in [1.807, 2.05) is 54.6 Å². The van der Waals surface area contributed by atoms with Crippen molar-refractivity contribution in [3.05, 3.63) is 90.0 Å². The van der Waals surface area contributed by atoms with E-state index in [0.717, 1.165) is 16.6 Å². The Morgan fingerprint density at radius 1 is 1.00 bits per heavy atom. The van der Waals surface area contributed by atoms with Crippen molar-refractivity contribution in [2.75, 3.05) is 11.9 Å². The van der Waals surface area contributed by atoms with Crippen molar-refractivity contribution in [2.45, 2.75) is 17.3 Å². The van der Waals surface area contributed by atoms with Crippen molar-refractivity contribution in [2.24, 2.45) is 0 Å². The molecular weight excluding hydrogens is 410 g/mol. The largest absolute Gasteiger partial charge is 0.462 e. The van der Waals surface area contributed by atoms with Crippen LogP contribution in [-0.4, -0.2) is 28.5 Å². The molecule has 0 radical (unpaired) electrons. The minimum absolute atomic E-state index is 0.180. The van der Waals surface area contributed by atoms with Crippen LogP contribution in [0.3, 0.4) is 0 Å². The van der Waals surface area contributed by atoms with E-state index >= 15 is 0 Å². The van der Waals surface area contributed by atoms with Crippen LogP contribution in [0.15, 0.2) is 84.0 Å². The number of aromatic nitrogens is 2. The number of ether oxygens (including phenoxy) is 1. The van der Waals surface area contributed by atoms with Gasteiger partial charge in [-0.3, -0.25) is 4.79 Å². The van der Waals surface area contributed by atoms with Crippen LogP contribution in [0.25, 0.3) is 11.0 Å². The molecule has 0 aliphatic carbocycles. The van der Waals surface area contributed by atoms with Gasteiger partial charge in [-0.05, 0) is 48.9 Å². The summed E-state index contributed by atoms with van der Waals surface area (Å²) >= 11 is 1.36. The van der Waals surface area contributed by atoms with Gasteiger partial charge < -0.3 is 15.0 Å². The number of H-pyrrole nitrogens is 1. The zero-order chi connectivity index (χ0) is 21.6. The van der Waals surface area contributed by atoms with Crippen LogP contribution in [0.4, 0.5) is 5.69 Å². The molecule has 1 atom stereocenters. The topological polar surface area (TPSA) is 84.1 Å². The summed E-state index contributed by atoms with van der Waals surface area (Å²) in [5, 5.41) is 3.10. The zero-order valence-electron chi connectivity index (χ0n) is 16.9. The Labute approximate surface area is 184 Å². The quantitative estimate of drug-likeness (QED) is 0.310. The van der Waals surface area contributed by atoms with Crippen LogP contribution < -0.4 is 5.32 Å². The molecule has 2 N–H and O–H groups in total. The smallest absolute Gasteiger partial charge is 0.338 e. The van der Waals surface area contributed by atoms with Gasteiger partial charge in [-0.25, -0.2) is 9.78 Å². The molecule has 0 saturated heterocycles. The molecular formula is C24H21N3O3S. The second-order valence-corrected chi connectivity index (χ2v) is 7.85. The fourth-order valence-electron chi connectivity index (χ4n) is 3.11. The maximum absolute atomic E-state index is 13.2. The number of hydrogen-bond acceptors (Lipinski definition) is 5. The van der Waals surface area contributed by atoms with E-state index in [-0.39, 0.29) is 11.9 Å². The van der Waals surface area contributed by atoms with E-state index in [4.69, 9.17) is 4.74 Å². The van der Waals surface area contributed by atoms with Gasteiger partial charge in [0.1, 0.15) is 5.25 Å². The Bertz CT molecular complexity index is 1160. The van der Waals surface area contributed by atoms with Crippen molar-refractivity contribution in [1.82, 2.24) is 9.97 Å². The summed E-state index contributed by atoms with van der Waals surface area (Å²) in [6.45, 7) is 2.07. The molecule has 31 heavy (non-hydrogen) atoms. The second-order valence-electron chi connectivity index (χ2n) is 6.75. The normalized spacial score (nSPS) is 11.8. The maximum atomic E-state index is 13.2. The SMILES string of the molecule is CCOC(=O)c1ccc(NC(=O)[C@@H](Sc2nc3ccccc3[nH]2)c2ccccc2)cc1. The number of esters is 1. The first kappa shape index (κ1) is 20.7. The van der Waals surface area contributed by atoms with E-state index in [9.17, 15) is 9.59 Å². The average Bonchev–Trinajstić information content (AvgIpc) is 3.21. The lowest BCUT2D eigenvalue weighted by atomic mass is 10.1. The minimum Gasteiger partial charge on any atom is -0.462 e. The molecule has 0 fully saturated rings. The van der Waals surface area contributed by atoms with Gasteiger partial charge in [0.15, 0.2) is 5.16 Å². The number of thioether (sulfide) groups is 1. The highest BCUT2D eigenvalue weighted by Crippen LogP contribution is 2.35. The van der Waals surface area contributed by atoms with E-state index in [0.29, 0.717) is 23.0 Å². The molecule has 6 nitrogen and oxygen atoms in total. The first-order valence-corrected chi connectivity index (χ1v) is 10.8. The molecule has 0 aliphatic heterocycles. The van der Waals surface area contributed by atoms with Gasteiger partial charge in [0.05, 0.1) is 23.2 Å². The van der Waals surface area contributed by atoms with E-state index in [1.165, 1.54) is 11.8 Å². The molecule has 0 unspecified atom stereocenters. The Balaban J connectivity index is 1.55. The number of anilines is 1. The number of aromatic amines is 1. The van der Waals surface area contributed by atoms with Crippen molar-refractivity contribution >= 4 is 40.4 Å². The van der Waals surface area contributed by atoms with Crippen LogP contribution in [0.1, 0.15) is 28.1 Å². The number of nitrogens with one attached hydrogen (secondary N) is 2. The third kappa shape index (κ3) is 4.95. The van der Waals surface area contributed by atoms with Crippen molar-refractivity contribution in [1.29, 1.82) is 0 Å². The highest BCUT2D eigenvalue weighted by molar-refractivity contribution is 8.00. The number of carbonyl (C=O) groups excluding carboxylic acids is 2. The summed E-state index contributed by atoms with van der Waals surface area (Å²) in [4.78, 5) is 32.9. The third-order valence-corrected chi connectivity index (χ3v) is 5.74. The van der Waals surface area contributed by atoms with Crippen molar-refractivity contribution in [3.8, 4) is 0 Å². The fourth-order valence-corrected chi connectivity index (χ4v) is 4.11. The average molecular weight is 432 g/mol. The summed E-state index contributed by atoms with van der Waals surface area (Å²) in [5.41, 5.74) is 3.69. The molecule has 3 aromatic carbocycles. The predicted molar refractivity (Wildman–Crippen MR) is 122 cm³/mol. The van der Waals surface area contributed by atoms with Crippen molar-refractivity contribution in [3.63, 3.8) is 0 Å². The number of benzene rings is 3. The Hall–Kier alpha value is -3.58. The van der Waals surface area contributed by atoms with Crippen molar-refractivity contribution < 1.29 is 14.3 Å². The van der Waals surface area contributed by atoms with Crippen LogP contribution in [0.2, 0.25) is 0 Å². The highest BCUT2D eigenvalue weighted by atomic mass is 32.2. The molecule has 4 aromatic rings. The predicted octanol–water partition coefficient (Wildman–Crippen LogP) is 5.21. The molecule has 156 valence electrons. The summed E-state index contributed by atoms with van der Waals surface area (Å²) < 4.78 is 5.00. The number of fused-ring (bicyclic) bond motifs is 1.